The van der Waals surface area contributed by atoms with E-state index in [4.69, 9.17) is 0 Å². The number of fused-ring (bicyclic) bond motifs is 3. The third-order valence-corrected chi connectivity index (χ3v) is 7.40. The van der Waals surface area contributed by atoms with Crippen molar-refractivity contribution in [2.24, 2.45) is 0 Å². The molecular weight excluding hydrogens is 363 g/mol. The molecule has 2 aromatic carbocycles. The predicted molar refractivity (Wildman–Crippen MR) is 102 cm³/mol. The van der Waals surface area contributed by atoms with Crippen LogP contribution in [-0.2, 0) is 15.0 Å². The molecule has 138 valence electrons. The van der Waals surface area contributed by atoms with Crippen LogP contribution in [0.5, 0.6) is 0 Å². The Bertz CT molecular complexity index is 941. The fourth-order valence-corrected chi connectivity index (χ4v) is 5.64. The summed E-state index contributed by atoms with van der Waals surface area (Å²) in [6.07, 6.45) is 2.85. The van der Waals surface area contributed by atoms with Gasteiger partial charge in [0, 0.05) is 23.3 Å². The maximum atomic E-state index is 13.2. The second-order valence-corrected chi connectivity index (χ2v) is 8.87. The molecule has 1 saturated heterocycles. The van der Waals surface area contributed by atoms with Gasteiger partial charge in [-0.05, 0) is 49.1 Å². The molecule has 0 radical (unpaired) electrons. The molecule has 1 N–H and O–H groups in total. The number of carbonyl (C=O) groups excluding carboxylic acids is 2. The van der Waals surface area contributed by atoms with E-state index in [1.54, 1.807) is 17.0 Å². The third kappa shape index (κ3) is 2.50. The van der Waals surface area contributed by atoms with Crippen LogP contribution in [0.3, 0.4) is 0 Å². The fourth-order valence-electron chi connectivity index (χ4n) is 4.21. The van der Waals surface area contributed by atoms with Crippen LogP contribution in [0.25, 0.3) is 0 Å². The molecule has 3 aliphatic rings. The van der Waals surface area contributed by atoms with Gasteiger partial charge in [-0.1, -0.05) is 36.0 Å². The number of thioether (sulfide) groups is 1. The lowest BCUT2D eigenvalue weighted by molar-refractivity contribution is -0.124. The van der Waals surface area contributed by atoms with E-state index in [-0.39, 0.29) is 23.0 Å². The Kier molecular flexibility index (Phi) is 3.63. The van der Waals surface area contributed by atoms with E-state index in [1.165, 1.54) is 23.9 Å². The number of hydrogen-bond donors (Lipinski definition) is 1. The molecule has 0 aromatic heterocycles. The van der Waals surface area contributed by atoms with Gasteiger partial charge in [-0.25, -0.2) is 4.39 Å². The zero-order valence-corrected chi connectivity index (χ0v) is 15.5. The minimum Gasteiger partial charge on any atom is -0.352 e. The molecule has 1 atom stereocenters. The molecule has 5 rings (SSSR count). The van der Waals surface area contributed by atoms with Crippen molar-refractivity contribution in [3.05, 3.63) is 59.9 Å². The number of para-hydroxylation sites is 1. The molecule has 1 saturated carbocycles. The zero-order chi connectivity index (χ0) is 18.6. The van der Waals surface area contributed by atoms with Gasteiger partial charge in [0.15, 0.2) is 4.87 Å². The smallest absolute Gasteiger partial charge is 0.257 e. The summed E-state index contributed by atoms with van der Waals surface area (Å²) in [5.41, 5.74) is 1.78. The van der Waals surface area contributed by atoms with E-state index in [0.717, 1.165) is 29.0 Å². The van der Waals surface area contributed by atoms with Crippen molar-refractivity contribution in [2.45, 2.75) is 40.9 Å². The Morgan fingerprint density at radius 3 is 2.59 bits per heavy atom. The highest BCUT2D eigenvalue weighted by Crippen LogP contribution is 2.56. The standard InChI is InChI=1S/C21H19FN2O2S/c22-15-7-5-14(6-8-15)20(11-12-20)13-23-19(26)21-10-9-18(25)24(21)16-3-1-2-4-17(16)27-21/h1-8H,9-13H2,(H,23,26). The van der Waals surface area contributed by atoms with E-state index in [0.29, 0.717) is 19.4 Å². The number of halogens is 1. The molecule has 6 heteroatoms. The summed E-state index contributed by atoms with van der Waals surface area (Å²) in [7, 11) is 0. The summed E-state index contributed by atoms with van der Waals surface area (Å²) >= 11 is 1.48. The molecule has 0 spiro atoms. The molecule has 1 aliphatic carbocycles. The first-order chi connectivity index (χ1) is 13.0. The highest BCUT2D eigenvalue weighted by Gasteiger charge is 2.57. The summed E-state index contributed by atoms with van der Waals surface area (Å²) in [6.45, 7) is 0.512. The number of nitrogens with zero attached hydrogens (tertiary/aromatic N) is 1. The van der Waals surface area contributed by atoms with Gasteiger partial charge in [0.1, 0.15) is 5.82 Å². The Morgan fingerprint density at radius 2 is 1.85 bits per heavy atom. The van der Waals surface area contributed by atoms with Crippen molar-refractivity contribution in [2.75, 3.05) is 11.4 Å². The molecular formula is C21H19FN2O2S. The largest absolute Gasteiger partial charge is 0.352 e. The maximum absolute atomic E-state index is 13.2. The van der Waals surface area contributed by atoms with E-state index in [9.17, 15) is 14.0 Å². The first kappa shape index (κ1) is 16.8. The van der Waals surface area contributed by atoms with Gasteiger partial charge in [0.2, 0.25) is 5.91 Å². The quantitative estimate of drug-likeness (QED) is 0.879. The van der Waals surface area contributed by atoms with Crippen LogP contribution in [0.2, 0.25) is 0 Å². The highest BCUT2D eigenvalue weighted by molar-refractivity contribution is 8.02. The number of anilines is 1. The zero-order valence-electron chi connectivity index (χ0n) is 14.7. The van der Waals surface area contributed by atoms with Crippen molar-refractivity contribution in [1.29, 1.82) is 0 Å². The molecule has 2 amide bonds. The fraction of sp³-hybridized carbons (Fsp3) is 0.333. The molecule has 2 fully saturated rings. The highest BCUT2D eigenvalue weighted by atomic mass is 32.2. The lowest BCUT2D eigenvalue weighted by Gasteiger charge is -2.30. The average molecular weight is 382 g/mol. The van der Waals surface area contributed by atoms with Gasteiger partial charge in [0.05, 0.1) is 5.69 Å². The topological polar surface area (TPSA) is 49.4 Å². The summed E-state index contributed by atoms with van der Waals surface area (Å²) < 4.78 is 13.2. The lowest BCUT2D eigenvalue weighted by Crippen LogP contribution is -2.53. The lowest BCUT2D eigenvalue weighted by atomic mass is 9.95. The van der Waals surface area contributed by atoms with Crippen molar-refractivity contribution >= 4 is 29.3 Å². The van der Waals surface area contributed by atoms with Crippen LogP contribution in [0.4, 0.5) is 10.1 Å². The van der Waals surface area contributed by atoms with Gasteiger partial charge in [-0.15, -0.1) is 0 Å². The SMILES string of the molecule is O=C1CCC2(C(=O)NCC3(c4ccc(F)cc4)CC3)Sc3ccccc3N12. The maximum Gasteiger partial charge on any atom is 0.257 e. The van der Waals surface area contributed by atoms with Gasteiger partial charge in [-0.2, -0.15) is 0 Å². The van der Waals surface area contributed by atoms with E-state index >= 15 is 0 Å². The third-order valence-electron chi connectivity index (χ3n) is 5.93. The Hall–Kier alpha value is -2.34. The van der Waals surface area contributed by atoms with Crippen molar-refractivity contribution in [1.82, 2.24) is 5.32 Å². The van der Waals surface area contributed by atoms with Crippen LogP contribution < -0.4 is 10.2 Å². The van der Waals surface area contributed by atoms with E-state index < -0.39 is 4.87 Å². The van der Waals surface area contributed by atoms with Crippen molar-refractivity contribution < 1.29 is 14.0 Å². The first-order valence-electron chi connectivity index (χ1n) is 9.20. The molecule has 27 heavy (non-hydrogen) atoms. The summed E-state index contributed by atoms with van der Waals surface area (Å²) in [6, 6.07) is 14.2. The Balaban J connectivity index is 1.37. The Labute approximate surface area is 161 Å². The first-order valence-corrected chi connectivity index (χ1v) is 10.0. The van der Waals surface area contributed by atoms with Crippen LogP contribution >= 0.6 is 11.8 Å². The number of amides is 2. The van der Waals surface area contributed by atoms with Gasteiger partial charge < -0.3 is 5.32 Å². The second-order valence-electron chi connectivity index (χ2n) is 7.55. The molecule has 2 aromatic rings. The number of nitrogens with one attached hydrogen (secondary N) is 1. The number of rotatable bonds is 4. The van der Waals surface area contributed by atoms with Crippen molar-refractivity contribution in [3.8, 4) is 0 Å². The molecule has 1 unspecified atom stereocenters. The van der Waals surface area contributed by atoms with E-state index in [1.807, 2.05) is 24.3 Å². The van der Waals surface area contributed by atoms with Gasteiger partial charge in [-0.3, -0.25) is 14.5 Å². The summed E-state index contributed by atoms with van der Waals surface area (Å²) in [5.74, 6) is -0.358. The average Bonchev–Trinajstić information content (AvgIpc) is 3.28. The number of carbonyl (C=O) groups is 2. The molecule has 4 nitrogen and oxygen atoms in total. The summed E-state index contributed by atoms with van der Waals surface area (Å²) in [5, 5.41) is 3.11. The predicted octanol–water partition coefficient (Wildman–Crippen LogP) is 3.60. The minimum absolute atomic E-state index is 0.00210. The minimum atomic E-state index is -0.875. The van der Waals surface area contributed by atoms with Gasteiger partial charge in [0.25, 0.3) is 5.91 Å². The summed E-state index contributed by atoms with van der Waals surface area (Å²) in [4.78, 5) is 27.5. The number of benzene rings is 2. The molecule has 2 aliphatic heterocycles. The van der Waals surface area contributed by atoms with Crippen LogP contribution in [0.15, 0.2) is 53.4 Å². The van der Waals surface area contributed by atoms with Crippen LogP contribution in [0, 0.1) is 5.82 Å². The second kappa shape index (κ2) is 5.83. The molecule has 0 bridgehead atoms. The number of hydrogen-bond acceptors (Lipinski definition) is 3. The monoisotopic (exact) mass is 382 g/mol. The van der Waals surface area contributed by atoms with E-state index in [2.05, 4.69) is 5.32 Å². The normalized spacial score (nSPS) is 24.5. The molecule has 2 heterocycles. The van der Waals surface area contributed by atoms with Crippen LogP contribution in [0.1, 0.15) is 31.2 Å². The van der Waals surface area contributed by atoms with Crippen LogP contribution in [-0.4, -0.2) is 23.2 Å². The Morgan fingerprint density at radius 1 is 1.11 bits per heavy atom. The van der Waals surface area contributed by atoms with Gasteiger partial charge >= 0.3 is 0 Å². The van der Waals surface area contributed by atoms with Crippen molar-refractivity contribution in [3.63, 3.8) is 0 Å².